The van der Waals surface area contributed by atoms with Crippen LogP contribution in [0, 0.1) is 6.92 Å². The molecule has 0 bridgehead atoms. The van der Waals surface area contributed by atoms with Gasteiger partial charge < -0.3 is 14.5 Å². The molecule has 5 nitrogen and oxygen atoms in total. The second-order valence-corrected chi connectivity index (χ2v) is 4.53. The first-order valence-electron chi connectivity index (χ1n) is 6.39. The number of aromatic nitrogens is 2. The molecule has 0 saturated carbocycles. The van der Waals surface area contributed by atoms with Crippen molar-refractivity contribution in [3.8, 4) is 0 Å². The van der Waals surface area contributed by atoms with Crippen LogP contribution in [0.15, 0.2) is 24.5 Å². The molecule has 5 heteroatoms. The summed E-state index contributed by atoms with van der Waals surface area (Å²) in [6, 6.07) is 3.98. The lowest BCUT2D eigenvalue weighted by molar-refractivity contribution is -0.120. The molecule has 0 aliphatic rings. The lowest BCUT2D eigenvalue weighted by atomic mass is 10.3. The number of carbonyl (C=O) groups is 1. The molecular formula is C14H19N3O2. The summed E-state index contributed by atoms with van der Waals surface area (Å²) in [5.74, 6) is -0.00263. The standard InChI is InChI=1S/C14H19N3O2/c1-11-5-3-7-17-10-12(16-14(11)17)9-13(18)15-6-4-8-19-2/h3,5,7,10H,4,6,8-9H2,1-2H3,(H,15,18). The normalized spacial score (nSPS) is 10.8. The van der Waals surface area contributed by atoms with Crippen molar-refractivity contribution in [2.45, 2.75) is 19.8 Å². The minimum absolute atomic E-state index is 0.00263. The zero-order valence-corrected chi connectivity index (χ0v) is 11.3. The molecule has 0 aliphatic heterocycles. The molecule has 19 heavy (non-hydrogen) atoms. The predicted octanol–water partition coefficient (Wildman–Crippen LogP) is 1.34. The summed E-state index contributed by atoms with van der Waals surface area (Å²) in [5, 5.41) is 2.86. The van der Waals surface area contributed by atoms with Crippen molar-refractivity contribution in [1.82, 2.24) is 14.7 Å². The van der Waals surface area contributed by atoms with Gasteiger partial charge in [-0.15, -0.1) is 0 Å². The number of aryl methyl sites for hydroxylation is 1. The van der Waals surface area contributed by atoms with Gasteiger partial charge in [0, 0.05) is 32.7 Å². The Hall–Kier alpha value is -1.88. The molecule has 2 aromatic rings. The molecule has 0 radical (unpaired) electrons. The van der Waals surface area contributed by atoms with Crippen LogP contribution in [0.2, 0.25) is 0 Å². The van der Waals surface area contributed by atoms with Gasteiger partial charge in [0.25, 0.3) is 0 Å². The van der Waals surface area contributed by atoms with E-state index >= 15 is 0 Å². The Morgan fingerprint density at radius 2 is 2.37 bits per heavy atom. The first-order valence-corrected chi connectivity index (χ1v) is 6.39. The average Bonchev–Trinajstić information content (AvgIpc) is 2.79. The number of pyridine rings is 1. The third kappa shape index (κ3) is 3.54. The van der Waals surface area contributed by atoms with Crippen molar-refractivity contribution in [2.75, 3.05) is 20.3 Å². The number of imidazole rings is 1. The lowest BCUT2D eigenvalue weighted by Gasteiger charge is -2.02. The highest BCUT2D eigenvalue weighted by molar-refractivity contribution is 5.78. The highest BCUT2D eigenvalue weighted by Crippen LogP contribution is 2.10. The number of hydrogen-bond donors (Lipinski definition) is 1. The fourth-order valence-electron chi connectivity index (χ4n) is 1.96. The minimum Gasteiger partial charge on any atom is -0.385 e. The highest BCUT2D eigenvalue weighted by atomic mass is 16.5. The van der Waals surface area contributed by atoms with Gasteiger partial charge in [-0.3, -0.25) is 4.79 Å². The third-order valence-corrected chi connectivity index (χ3v) is 2.92. The van der Waals surface area contributed by atoms with Crippen molar-refractivity contribution in [2.24, 2.45) is 0 Å². The summed E-state index contributed by atoms with van der Waals surface area (Å²) in [6.45, 7) is 3.31. The molecule has 1 amide bonds. The van der Waals surface area contributed by atoms with Crippen molar-refractivity contribution in [1.29, 1.82) is 0 Å². The summed E-state index contributed by atoms with van der Waals surface area (Å²) in [7, 11) is 1.65. The molecule has 0 fully saturated rings. The van der Waals surface area contributed by atoms with Gasteiger partial charge in [0.2, 0.25) is 5.91 Å². The molecule has 1 N–H and O–H groups in total. The first-order chi connectivity index (χ1) is 9.20. The summed E-state index contributed by atoms with van der Waals surface area (Å²) >= 11 is 0. The lowest BCUT2D eigenvalue weighted by Crippen LogP contribution is -2.26. The summed E-state index contributed by atoms with van der Waals surface area (Å²) in [5.41, 5.74) is 2.80. The van der Waals surface area contributed by atoms with Crippen LogP contribution >= 0.6 is 0 Å². The zero-order valence-electron chi connectivity index (χ0n) is 11.3. The number of ether oxygens (including phenoxy) is 1. The third-order valence-electron chi connectivity index (χ3n) is 2.92. The molecule has 102 valence electrons. The second-order valence-electron chi connectivity index (χ2n) is 4.53. The van der Waals surface area contributed by atoms with Crippen LogP contribution in [0.4, 0.5) is 0 Å². The predicted molar refractivity (Wildman–Crippen MR) is 73.1 cm³/mol. The van der Waals surface area contributed by atoms with Crippen LogP contribution < -0.4 is 5.32 Å². The maximum absolute atomic E-state index is 11.7. The van der Waals surface area contributed by atoms with Gasteiger partial charge in [-0.2, -0.15) is 0 Å². The van der Waals surface area contributed by atoms with E-state index in [0.29, 0.717) is 19.6 Å². The molecule has 0 aromatic carbocycles. The van der Waals surface area contributed by atoms with Gasteiger partial charge in [-0.1, -0.05) is 6.07 Å². The number of fused-ring (bicyclic) bond motifs is 1. The van der Waals surface area contributed by atoms with E-state index in [4.69, 9.17) is 4.74 Å². The molecule has 2 heterocycles. The number of carbonyl (C=O) groups excluding carboxylic acids is 1. The number of rotatable bonds is 6. The van der Waals surface area contributed by atoms with E-state index < -0.39 is 0 Å². The molecular weight excluding hydrogens is 242 g/mol. The monoisotopic (exact) mass is 261 g/mol. The van der Waals surface area contributed by atoms with E-state index in [1.165, 1.54) is 0 Å². The first kappa shape index (κ1) is 13.5. The fourth-order valence-corrected chi connectivity index (χ4v) is 1.96. The van der Waals surface area contributed by atoms with E-state index in [0.717, 1.165) is 23.3 Å². The quantitative estimate of drug-likeness (QED) is 0.798. The number of methoxy groups -OCH3 is 1. The van der Waals surface area contributed by atoms with Crippen LogP contribution in [0.5, 0.6) is 0 Å². The Balaban J connectivity index is 1.94. The minimum atomic E-state index is -0.00263. The van der Waals surface area contributed by atoms with Gasteiger partial charge in [0.15, 0.2) is 0 Å². The molecule has 2 aromatic heterocycles. The van der Waals surface area contributed by atoms with E-state index in [-0.39, 0.29) is 5.91 Å². The van der Waals surface area contributed by atoms with Crippen LogP contribution in [0.3, 0.4) is 0 Å². The largest absolute Gasteiger partial charge is 0.385 e. The van der Waals surface area contributed by atoms with Crippen molar-refractivity contribution >= 4 is 11.6 Å². The summed E-state index contributed by atoms with van der Waals surface area (Å²) in [4.78, 5) is 16.2. The molecule has 2 rings (SSSR count). The van der Waals surface area contributed by atoms with Crippen LogP contribution in [0.25, 0.3) is 5.65 Å². The van der Waals surface area contributed by atoms with E-state index in [2.05, 4.69) is 10.3 Å². The summed E-state index contributed by atoms with van der Waals surface area (Å²) < 4.78 is 6.88. The van der Waals surface area contributed by atoms with E-state index in [1.807, 2.05) is 35.9 Å². The fraction of sp³-hybridized carbons (Fsp3) is 0.429. The number of amides is 1. The molecule has 0 spiro atoms. The molecule has 0 aliphatic carbocycles. The highest BCUT2D eigenvalue weighted by Gasteiger charge is 2.08. The van der Waals surface area contributed by atoms with Crippen LogP contribution in [-0.2, 0) is 16.0 Å². The van der Waals surface area contributed by atoms with E-state index in [1.54, 1.807) is 7.11 Å². The van der Waals surface area contributed by atoms with Crippen LogP contribution in [-0.4, -0.2) is 35.6 Å². The Morgan fingerprint density at radius 3 is 3.11 bits per heavy atom. The van der Waals surface area contributed by atoms with Gasteiger partial charge in [0.1, 0.15) is 5.65 Å². The van der Waals surface area contributed by atoms with Crippen LogP contribution in [0.1, 0.15) is 17.7 Å². The number of hydrogen-bond acceptors (Lipinski definition) is 3. The number of nitrogens with zero attached hydrogens (tertiary/aromatic N) is 2. The Labute approximate surface area is 112 Å². The molecule has 0 unspecified atom stereocenters. The summed E-state index contributed by atoms with van der Waals surface area (Å²) in [6.07, 6.45) is 4.98. The van der Waals surface area contributed by atoms with Crippen molar-refractivity contribution in [3.05, 3.63) is 35.8 Å². The SMILES string of the molecule is COCCCNC(=O)Cc1cn2cccc(C)c2n1. The molecule has 0 saturated heterocycles. The Bertz CT molecular complexity index is 563. The van der Waals surface area contributed by atoms with Gasteiger partial charge in [0.05, 0.1) is 12.1 Å². The Morgan fingerprint density at radius 1 is 1.53 bits per heavy atom. The Kier molecular flexibility index (Phi) is 4.52. The van der Waals surface area contributed by atoms with E-state index in [9.17, 15) is 4.79 Å². The van der Waals surface area contributed by atoms with Crippen molar-refractivity contribution < 1.29 is 9.53 Å². The smallest absolute Gasteiger partial charge is 0.226 e. The number of nitrogens with one attached hydrogen (secondary N) is 1. The maximum atomic E-state index is 11.7. The van der Waals surface area contributed by atoms with Gasteiger partial charge >= 0.3 is 0 Å². The van der Waals surface area contributed by atoms with Gasteiger partial charge in [-0.05, 0) is 25.0 Å². The molecule has 0 atom stereocenters. The maximum Gasteiger partial charge on any atom is 0.226 e. The zero-order chi connectivity index (χ0) is 13.7. The van der Waals surface area contributed by atoms with Gasteiger partial charge in [-0.25, -0.2) is 4.98 Å². The average molecular weight is 261 g/mol. The second kappa shape index (κ2) is 6.33. The van der Waals surface area contributed by atoms with Crippen molar-refractivity contribution in [3.63, 3.8) is 0 Å². The topological polar surface area (TPSA) is 55.6 Å².